The monoisotopic (exact) mass is 330 g/mol. The van der Waals surface area contributed by atoms with E-state index in [9.17, 15) is 14.0 Å². The maximum absolute atomic E-state index is 11.5. The Morgan fingerprint density at radius 3 is 2.12 bits per heavy atom. The lowest BCUT2D eigenvalue weighted by Crippen LogP contribution is -2.17. The van der Waals surface area contributed by atoms with Gasteiger partial charge in [-0.3, -0.25) is 9.13 Å². The van der Waals surface area contributed by atoms with E-state index < -0.39 is 19.0 Å². The number of hydrogen-bond donors (Lipinski definition) is 4. The van der Waals surface area contributed by atoms with E-state index in [2.05, 4.69) is 4.52 Å². The fraction of sp³-hybridized carbons (Fsp3) is 1.00. The molecule has 7 nitrogen and oxygen atoms in total. The maximum Gasteiger partial charge on any atom is 0.376 e. The Bertz CT molecular complexity index is 341. The second kappa shape index (κ2) is 6.33. The summed E-state index contributed by atoms with van der Waals surface area (Å²) in [5.41, 5.74) is 0. The average molecular weight is 331 g/mol. The standard InChI is InChI=1S/C6H14Cl2O7P2/c1-5(4-9)2-3-15-17(13,14)6(7,8)16(10,11)12/h5,9H,2-4H2,1H3,(H,13,14)(H2,10,11,12). The van der Waals surface area contributed by atoms with Crippen molar-refractivity contribution in [3.8, 4) is 0 Å². The predicted molar refractivity (Wildman–Crippen MR) is 63.1 cm³/mol. The molecular formula is C6H14Cl2O7P2. The summed E-state index contributed by atoms with van der Waals surface area (Å²) in [4.78, 5) is 26.7. The Hall–Kier alpha value is 0.840. The molecule has 0 amide bonds. The molecule has 2 atom stereocenters. The van der Waals surface area contributed by atoms with Crippen LogP contribution in [0.25, 0.3) is 0 Å². The quantitative estimate of drug-likeness (QED) is 0.411. The summed E-state index contributed by atoms with van der Waals surface area (Å²) >= 11 is 10.3. The van der Waals surface area contributed by atoms with Crippen molar-refractivity contribution in [2.45, 2.75) is 17.2 Å². The predicted octanol–water partition coefficient (Wildman–Crippen LogP) is 1.47. The molecule has 0 aliphatic heterocycles. The van der Waals surface area contributed by atoms with Crippen molar-refractivity contribution in [2.75, 3.05) is 13.2 Å². The van der Waals surface area contributed by atoms with E-state index in [1.54, 1.807) is 6.92 Å². The summed E-state index contributed by atoms with van der Waals surface area (Å²) in [6.07, 6.45) is 0.214. The molecule has 0 saturated heterocycles. The second-order valence-corrected chi connectivity index (χ2v) is 9.95. The van der Waals surface area contributed by atoms with E-state index in [0.29, 0.717) is 0 Å². The van der Waals surface area contributed by atoms with Gasteiger partial charge in [0.1, 0.15) is 0 Å². The first-order valence-electron chi connectivity index (χ1n) is 4.47. The first kappa shape index (κ1) is 17.8. The number of hydrogen-bond acceptors (Lipinski definition) is 4. The number of halogens is 2. The minimum absolute atomic E-state index is 0.148. The van der Waals surface area contributed by atoms with Crippen LogP contribution in [0.5, 0.6) is 0 Å². The average Bonchev–Trinajstić information content (AvgIpc) is 2.15. The fourth-order valence-corrected chi connectivity index (χ4v) is 3.00. The van der Waals surface area contributed by atoms with Crippen LogP contribution in [0.1, 0.15) is 13.3 Å². The van der Waals surface area contributed by atoms with Crippen LogP contribution in [0.4, 0.5) is 0 Å². The highest BCUT2D eigenvalue weighted by atomic mass is 35.5. The van der Waals surface area contributed by atoms with Gasteiger partial charge >= 0.3 is 19.0 Å². The molecule has 0 aromatic carbocycles. The van der Waals surface area contributed by atoms with Gasteiger partial charge < -0.3 is 24.3 Å². The van der Waals surface area contributed by atoms with Gasteiger partial charge in [0.15, 0.2) is 0 Å². The van der Waals surface area contributed by atoms with Crippen molar-refractivity contribution in [1.29, 1.82) is 0 Å². The summed E-state index contributed by atoms with van der Waals surface area (Å²) in [5, 5.41) is 8.69. The number of alkyl halides is 2. The molecule has 0 aromatic rings. The minimum atomic E-state index is -5.22. The van der Waals surface area contributed by atoms with Gasteiger partial charge in [-0.05, 0) is 12.3 Å². The van der Waals surface area contributed by atoms with E-state index in [1.165, 1.54) is 0 Å². The molecule has 0 radical (unpaired) electrons. The SMILES string of the molecule is CC(CO)CCOP(=O)(O)C(Cl)(Cl)P(=O)(O)O. The molecule has 4 N–H and O–H groups in total. The van der Waals surface area contributed by atoms with Gasteiger partial charge in [0.05, 0.1) is 6.61 Å². The molecule has 17 heavy (non-hydrogen) atoms. The van der Waals surface area contributed by atoms with Crippen LogP contribution in [-0.4, -0.2) is 36.8 Å². The molecule has 2 unspecified atom stereocenters. The fourth-order valence-electron chi connectivity index (χ4n) is 0.711. The van der Waals surface area contributed by atoms with Crippen molar-refractivity contribution < 1.29 is 33.4 Å². The zero-order chi connectivity index (χ0) is 13.9. The molecular weight excluding hydrogens is 317 g/mol. The summed E-state index contributed by atoms with van der Waals surface area (Å²) < 4.78 is 23.5. The number of aliphatic hydroxyl groups excluding tert-OH is 1. The van der Waals surface area contributed by atoms with E-state index in [4.69, 9.17) is 38.1 Å². The summed E-state index contributed by atoms with van der Waals surface area (Å²) in [5.74, 6) is -0.190. The Morgan fingerprint density at radius 2 is 1.76 bits per heavy atom. The third-order valence-corrected chi connectivity index (χ3v) is 7.94. The van der Waals surface area contributed by atoms with Gasteiger partial charge in [-0.25, -0.2) is 0 Å². The Balaban J connectivity index is 4.59. The highest BCUT2D eigenvalue weighted by molar-refractivity contribution is 7.78. The first-order valence-corrected chi connectivity index (χ1v) is 8.42. The van der Waals surface area contributed by atoms with Crippen LogP contribution in [0, 0.1) is 5.92 Å². The zero-order valence-corrected chi connectivity index (χ0v) is 12.2. The van der Waals surface area contributed by atoms with E-state index in [0.717, 1.165) is 0 Å². The van der Waals surface area contributed by atoms with Crippen LogP contribution in [0.15, 0.2) is 0 Å². The van der Waals surface area contributed by atoms with Crippen LogP contribution in [0.3, 0.4) is 0 Å². The van der Waals surface area contributed by atoms with E-state index >= 15 is 0 Å². The highest BCUT2D eigenvalue weighted by Crippen LogP contribution is 2.75. The zero-order valence-electron chi connectivity index (χ0n) is 8.86. The second-order valence-electron chi connectivity index (χ2n) is 3.48. The van der Waals surface area contributed by atoms with E-state index in [1.807, 2.05) is 0 Å². The lowest BCUT2D eigenvalue weighted by molar-refractivity contribution is 0.190. The smallest absolute Gasteiger partial charge is 0.376 e. The molecule has 0 spiro atoms. The van der Waals surface area contributed by atoms with E-state index in [-0.39, 0.29) is 25.6 Å². The lowest BCUT2D eigenvalue weighted by atomic mass is 10.1. The topological polar surface area (TPSA) is 124 Å². The van der Waals surface area contributed by atoms with Crippen molar-refractivity contribution in [1.82, 2.24) is 0 Å². The molecule has 0 fully saturated rings. The maximum atomic E-state index is 11.5. The summed E-state index contributed by atoms with van der Waals surface area (Å²) in [6.45, 7) is 1.20. The van der Waals surface area contributed by atoms with Crippen LogP contribution < -0.4 is 0 Å². The van der Waals surface area contributed by atoms with Crippen LogP contribution in [-0.2, 0) is 13.7 Å². The van der Waals surface area contributed by atoms with Gasteiger partial charge in [0, 0.05) is 6.61 Å². The van der Waals surface area contributed by atoms with Crippen molar-refractivity contribution >= 4 is 38.4 Å². The van der Waals surface area contributed by atoms with Crippen molar-refractivity contribution in [3.63, 3.8) is 0 Å². The Kier molecular flexibility index (Phi) is 6.64. The molecule has 0 saturated carbocycles. The normalized spacial score (nSPS) is 18.8. The molecule has 0 aromatic heterocycles. The molecule has 0 heterocycles. The van der Waals surface area contributed by atoms with Crippen molar-refractivity contribution in [3.05, 3.63) is 0 Å². The van der Waals surface area contributed by atoms with Crippen LogP contribution >= 0.6 is 38.4 Å². The van der Waals surface area contributed by atoms with Gasteiger partial charge in [0.25, 0.3) is 0 Å². The number of rotatable bonds is 7. The molecule has 104 valence electrons. The van der Waals surface area contributed by atoms with Gasteiger partial charge in [-0.1, -0.05) is 30.1 Å². The van der Waals surface area contributed by atoms with Gasteiger partial charge in [-0.2, -0.15) is 0 Å². The molecule has 0 bridgehead atoms. The summed E-state index contributed by atoms with van der Waals surface area (Å²) in [7, 11) is -10.1. The number of aliphatic hydroxyl groups is 1. The van der Waals surface area contributed by atoms with Gasteiger partial charge in [0.2, 0.25) is 0 Å². The molecule has 0 rings (SSSR count). The Labute approximate surface area is 108 Å². The largest absolute Gasteiger partial charge is 0.396 e. The first-order chi connectivity index (χ1) is 7.45. The third-order valence-electron chi connectivity index (χ3n) is 1.88. The van der Waals surface area contributed by atoms with Crippen molar-refractivity contribution in [2.24, 2.45) is 5.92 Å². The third kappa shape index (κ3) is 4.78. The summed E-state index contributed by atoms with van der Waals surface area (Å²) in [6, 6.07) is 0. The molecule has 0 aliphatic rings. The Morgan fingerprint density at radius 1 is 1.29 bits per heavy atom. The molecule has 0 aliphatic carbocycles. The minimum Gasteiger partial charge on any atom is -0.396 e. The highest BCUT2D eigenvalue weighted by Gasteiger charge is 2.60. The van der Waals surface area contributed by atoms with Crippen LogP contribution in [0.2, 0.25) is 0 Å². The lowest BCUT2D eigenvalue weighted by Gasteiger charge is -2.25. The van der Waals surface area contributed by atoms with Gasteiger partial charge in [-0.15, -0.1) is 0 Å². The molecule has 11 heteroatoms.